The monoisotopic (exact) mass is 229 g/mol. The van der Waals surface area contributed by atoms with E-state index in [1.54, 1.807) is 0 Å². The molecule has 3 rings (SSSR count). The predicted molar refractivity (Wildman–Crippen MR) is 70.5 cm³/mol. The lowest BCUT2D eigenvalue weighted by Crippen LogP contribution is -2.48. The molecule has 3 nitrogen and oxygen atoms in total. The van der Waals surface area contributed by atoms with E-state index >= 15 is 0 Å². The maximum Gasteiger partial charge on any atom is 0.101 e. The summed E-state index contributed by atoms with van der Waals surface area (Å²) in [7, 11) is 0. The third kappa shape index (κ3) is 2.34. The van der Waals surface area contributed by atoms with Crippen LogP contribution in [0.15, 0.2) is 29.3 Å². The van der Waals surface area contributed by atoms with E-state index in [1.807, 2.05) is 0 Å². The summed E-state index contributed by atoms with van der Waals surface area (Å²) in [5.41, 5.74) is 2.65. The van der Waals surface area contributed by atoms with E-state index in [9.17, 15) is 0 Å². The van der Waals surface area contributed by atoms with Crippen LogP contribution in [0.25, 0.3) is 0 Å². The van der Waals surface area contributed by atoms with Crippen molar-refractivity contribution < 1.29 is 0 Å². The molecule has 0 saturated carbocycles. The molecule has 1 aromatic carbocycles. The third-order valence-corrected chi connectivity index (χ3v) is 3.61. The quantitative estimate of drug-likeness (QED) is 0.801. The highest BCUT2D eigenvalue weighted by Crippen LogP contribution is 2.15. The topological polar surface area (TPSA) is 36.4 Å². The Morgan fingerprint density at radius 3 is 2.88 bits per heavy atom. The molecule has 2 unspecified atom stereocenters. The van der Waals surface area contributed by atoms with Gasteiger partial charge in [-0.15, -0.1) is 0 Å². The number of aliphatic imine (C=N–C) groups is 1. The Bertz CT molecular complexity index is 422. The Morgan fingerprint density at radius 1 is 1.29 bits per heavy atom. The molecule has 1 fully saturated rings. The Labute approximate surface area is 102 Å². The van der Waals surface area contributed by atoms with Gasteiger partial charge in [0.25, 0.3) is 0 Å². The number of aryl methyl sites for hydroxylation is 1. The van der Waals surface area contributed by atoms with Gasteiger partial charge in [0.05, 0.1) is 12.1 Å². The number of nitrogens with zero attached hydrogens (tertiary/aromatic N) is 1. The van der Waals surface area contributed by atoms with Crippen LogP contribution < -0.4 is 10.6 Å². The molecule has 0 aromatic heterocycles. The number of rotatable bonds is 2. The van der Waals surface area contributed by atoms with E-state index in [0.717, 1.165) is 31.8 Å². The number of piperidine rings is 1. The summed E-state index contributed by atoms with van der Waals surface area (Å²) >= 11 is 0. The predicted octanol–water partition coefficient (Wildman–Crippen LogP) is 1.27. The smallest absolute Gasteiger partial charge is 0.101 e. The van der Waals surface area contributed by atoms with Gasteiger partial charge in [-0.2, -0.15) is 0 Å². The van der Waals surface area contributed by atoms with Crippen molar-refractivity contribution in [3.05, 3.63) is 35.4 Å². The third-order valence-electron chi connectivity index (χ3n) is 3.61. The molecule has 2 aliphatic rings. The normalized spacial score (nSPS) is 27.2. The van der Waals surface area contributed by atoms with Gasteiger partial charge < -0.3 is 10.6 Å². The Kier molecular flexibility index (Phi) is 2.85. The second-order valence-electron chi connectivity index (χ2n) is 5.05. The lowest BCUT2D eigenvalue weighted by Gasteiger charge is -2.24. The van der Waals surface area contributed by atoms with Crippen LogP contribution in [-0.2, 0) is 6.42 Å². The summed E-state index contributed by atoms with van der Waals surface area (Å²) < 4.78 is 0. The van der Waals surface area contributed by atoms with Gasteiger partial charge in [0.15, 0.2) is 0 Å². The highest BCUT2D eigenvalue weighted by Gasteiger charge is 2.30. The van der Waals surface area contributed by atoms with Crippen molar-refractivity contribution in [3.8, 4) is 0 Å². The van der Waals surface area contributed by atoms with Crippen LogP contribution >= 0.6 is 0 Å². The van der Waals surface area contributed by atoms with Crippen LogP contribution in [0.2, 0.25) is 0 Å². The van der Waals surface area contributed by atoms with Crippen LogP contribution in [0.3, 0.4) is 0 Å². The average Bonchev–Trinajstić information content (AvgIpc) is 2.74. The molecule has 90 valence electrons. The van der Waals surface area contributed by atoms with Gasteiger partial charge in [-0.25, -0.2) is 0 Å². The molecule has 2 atom stereocenters. The minimum absolute atomic E-state index is 0.497. The van der Waals surface area contributed by atoms with Crippen LogP contribution in [0.4, 0.5) is 0 Å². The number of fused-ring (bicyclic) bond motifs is 1. The molecule has 0 radical (unpaired) electrons. The molecule has 17 heavy (non-hydrogen) atoms. The SMILES string of the molecule is Cc1ccc(CC2=NC3CCNCC3N2)cc1. The molecule has 2 heterocycles. The maximum absolute atomic E-state index is 4.79. The molecular weight excluding hydrogens is 210 g/mol. The van der Waals surface area contributed by atoms with Crippen molar-refractivity contribution in [3.63, 3.8) is 0 Å². The minimum atomic E-state index is 0.497. The zero-order chi connectivity index (χ0) is 11.7. The van der Waals surface area contributed by atoms with E-state index < -0.39 is 0 Å². The lowest BCUT2D eigenvalue weighted by molar-refractivity contribution is 0.402. The van der Waals surface area contributed by atoms with Crippen molar-refractivity contribution in [1.29, 1.82) is 0 Å². The van der Waals surface area contributed by atoms with Gasteiger partial charge in [-0.3, -0.25) is 4.99 Å². The van der Waals surface area contributed by atoms with Crippen LogP contribution in [-0.4, -0.2) is 31.0 Å². The molecule has 1 saturated heterocycles. The zero-order valence-corrected chi connectivity index (χ0v) is 10.2. The number of benzene rings is 1. The number of hydrogen-bond donors (Lipinski definition) is 2. The highest BCUT2D eigenvalue weighted by atomic mass is 15.2. The largest absolute Gasteiger partial charge is 0.367 e. The zero-order valence-electron chi connectivity index (χ0n) is 10.2. The summed E-state index contributed by atoms with van der Waals surface area (Å²) in [6, 6.07) is 9.74. The molecule has 2 N–H and O–H groups in total. The summed E-state index contributed by atoms with van der Waals surface area (Å²) in [5.74, 6) is 1.16. The second kappa shape index (κ2) is 4.49. The molecule has 3 heteroatoms. The van der Waals surface area contributed by atoms with Crippen molar-refractivity contribution >= 4 is 5.84 Å². The van der Waals surface area contributed by atoms with Gasteiger partial charge in [0.1, 0.15) is 5.84 Å². The van der Waals surface area contributed by atoms with E-state index in [-0.39, 0.29) is 0 Å². The molecule has 0 bridgehead atoms. The van der Waals surface area contributed by atoms with E-state index in [1.165, 1.54) is 11.1 Å². The maximum atomic E-state index is 4.79. The number of hydrogen-bond acceptors (Lipinski definition) is 3. The van der Waals surface area contributed by atoms with E-state index in [2.05, 4.69) is 41.8 Å². The van der Waals surface area contributed by atoms with Gasteiger partial charge >= 0.3 is 0 Å². The molecule has 0 amide bonds. The first-order valence-electron chi connectivity index (χ1n) is 6.41. The van der Waals surface area contributed by atoms with Crippen LogP contribution in [0, 0.1) is 6.92 Å². The molecular formula is C14H19N3. The van der Waals surface area contributed by atoms with Gasteiger partial charge in [-0.1, -0.05) is 29.8 Å². The average molecular weight is 229 g/mol. The first-order chi connectivity index (χ1) is 8.31. The Morgan fingerprint density at radius 2 is 2.12 bits per heavy atom. The first-order valence-corrected chi connectivity index (χ1v) is 6.41. The van der Waals surface area contributed by atoms with Gasteiger partial charge in [-0.05, 0) is 25.5 Å². The first kappa shape index (κ1) is 10.8. The Balaban J connectivity index is 1.68. The van der Waals surface area contributed by atoms with Crippen molar-refractivity contribution in [2.45, 2.75) is 31.8 Å². The second-order valence-corrected chi connectivity index (χ2v) is 5.05. The summed E-state index contributed by atoms with van der Waals surface area (Å²) in [5, 5.41) is 6.96. The molecule has 0 spiro atoms. The number of amidine groups is 1. The fourth-order valence-corrected chi connectivity index (χ4v) is 2.59. The van der Waals surface area contributed by atoms with Crippen molar-refractivity contribution in [1.82, 2.24) is 10.6 Å². The van der Waals surface area contributed by atoms with Crippen LogP contribution in [0.1, 0.15) is 17.5 Å². The lowest BCUT2D eigenvalue weighted by atomic mass is 10.0. The fraction of sp³-hybridized carbons (Fsp3) is 0.500. The van der Waals surface area contributed by atoms with Crippen molar-refractivity contribution in [2.75, 3.05) is 13.1 Å². The van der Waals surface area contributed by atoms with Crippen LogP contribution in [0.5, 0.6) is 0 Å². The standard InChI is InChI=1S/C14H19N3/c1-10-2-4-11(5-3-10)8-14-16-12-6-7-15-9-13(12)17-14/h2-5,12-13,15H,6-9H2,1H3,(H,16,17). The molecule has 1 aromatic rings. The molecule has 2 aliphatic heterocycles. The number of nitrogens with one attached hydrogen (secondary N) is 2. The molecule has 0 aliphatic carbocycles. The minimum Gasteiger partial charge on any atom is -0.367 e. The Hall–Kier alpha value is -1.35. The van der Waals surface area contributed by atoms with E-state index in [4.69, 9.17) is 4.99 Å². The van der Waals surface area contributed by atoms with E-state index in [0.29, 0.717) is 12.1 Å². The van der Waals surface area contributed by atoms with Gasteiger partial charge in [0, 0.05) is 13.0 Å². The highest BCUT2D eigenvalue weighted by molar-refractivity contribution is 5.86. The van der Waals surface area contributed by atoms with Crippen molar-refractivity contribution in [2.24, 2.45) is 4.99 Å². The summed E-state index contributed by atoms with van der Waals surface area (Å²) in [6.45, 7) is 4.27. The fourth-order valence-electron chi connectivity index (χ4n) is 2.59. The van der Waals surface area contributed by atoms with Gasteiger partial charge in [0.2, 0.25) is 0 Å². The summed E-state index contributed by atoms with van der Waals surface area (Å²) in [6.07, 6.45) is 2.10. The summed E-state index contributed by atoms with van der Waals surface area (Å²) in [4.78, 5) is 4.79.